The van der Waals surface area contributed by atoms with E-state index >= 15 is 0 Å². The molecule has 0 fully saturated rings. The number of carbonyl (C=O) groups excluding carboxylic acids is 1. The summed E-state index contributed by atoms with van der Waals surface area (Å²) in [5.74, 6) is 0.00370. The number of nitrogens with one attached hydrogen (secondary N) is 1. The van der Waals surface area contributed by atoms with Crippen molar-refractivity contribution in [2.45, 2.75) is 59.0 Å². The number of rotatable bonds is 3. The number of fused-ring (bicyclic) bond motifs is 3. The SMILES string of the molecule is CC(C)c1cccc(C(C)C)c1C([NH-])=O.C[SiH]C.[Cl][Zr+2][Cl].[c-]1cccc2c1Cc1ccccc1-2. The largest absolute Gasteiger partial charge is 0.179 e. The van der Waals surface area contributed by atoms with E-state index in [1.165, 1.54) is 22.3 Å². The molecule has 0 saturated carbocycles. The van der Waals surface area contributed by atoms with Crippen LogP contribution >= 0.6 is 17.0 Å². The van der Waals surface area contributed by atoms with Gasteiger partial charge in [0.25, 0.3) is 0 Å². The smallest absolute Gasteiger partial charge is 0.0253 e. The summed E-state index contributed by atoms with van der Waals surface area (Å²) in [5, 5.41) is 0. The van der Waals surface area contributed by atoms with E-state index in [0.29, 0.717) is 5.56 Å². The van der Waals surface area contributed by atoms with Gasteiger partial charge in [0.1, 0.15) is 0 Å². The Balaban J connectivity index is 0.000000278. The molecule has 1 aliphatic carbocycles. The first kappa shape index (κ1) is 30.8. The van der Waals surface area contributed by atoms with Crippen LogP contribution < -0.4 is 0 Å². The molecule has 1 N–H and O–H groups in total. The summed E-state index contributed by atoms with van der Waals surface area (Å²) in [6.45, 7) is 12.6. The zero-order valence-electron chi connectivity index (χ0n) is 20.9. The van der Waals surface area contributed by atoms with Gasteiger partial charge in [0, 0.05) is 15.1 Å². The second kappa shape index (κ2) is 16.5. The molecule has 0 atom stereocenters. The van der Waals surface area contributed by atoms with E-state index in [9.17, 15) is 4.79 Å². The summed E-state index contributed by atoms with van der Waals surface area (Å²) in [7, 11) is 10.6. The van der Waals surface area contributed by atoms with E-state index in [2.05, 4.69) is 55.6 Å². The van der Waals surface area contributed by atoms with Crippen molar-refractivity contribution in [2.24, 2.45) is 0 Å². The maximum Gasteiger partial charge on any atom is -0.0253 e. The molecule has 4 rings (SSSR count). The zero-order chi connectivity index (χ0) is 25.7. The Morgan fingerprint density at radius 2 is 1.41 bits per heavy atom. The molecular formula is C28H34Cl2NOSiZr. The van der Waals surface area contributed by atoms with Crippen LogP contribution in [0.15, 0.2) is 60.7 Å². The molecular weight excluding hydrogens is 557 g/mol. The Morgan fingerprint density at radius 1 is 0.912 bits per heavy atom. The van der Waals surface area contributed by atoms with Crippen molar-refractivity contribution >= 4 is 32.5 Å². The van der Waals surface area contributed by atoms with Crippen LogP contribution in [0.5, 0.6) is 0 Å². The molecule has 179 valence electrons. The van der Waals surface area contributed by atoms with E-state index in [4.69, 9.17) is 22.8 Å². The molecule has 0 heterocycles. The van der Waals surface area contributed by atoms with Crippen molar-refractivity contribution in [1.29, 1.82) is 0 Å². The second-order valence-electron chi connectivity index (χ2n) is 8.50. The fraction of sp³-hybridized carbons (Fsp3) is 0.321. The van der Waals surface area contributed by atoms with Gasteiger partial charge in [-0.1, -0.05) is 94.4 Å². The predicted octanol–water partition coefficient (Wildman–Crippen LogP) is 9.08. The summed E-state index contributed by atoms with van der Waals surface area (Å²) < 4.78 is 0. The predicted molar refractivity (Wildman–Crippen MR) is 147 cm³/mol. The molecule has 1 amide bonds. The number of halogens is 2. The van der Waals surface area contributed by atoms with Crippen molar-refractivity contribution in [3.8, 4) is 11.1 Å². The standard InChI is InChI=1S/C13H19NO.C13H9.C2H7Si.2ClH.Zr/c1-8(2)10-6-5-7-11(9(3)4)12(10)13(14)15;1-3-7-12-10(5-1)9-11-6-2-4-8-13(11)12;1-3-2;;;/h5-9H,1-4H3,(H2,14,15);1-5,7-8H,9H2;3H,1-2H3;2*1H;/q;-1;;;;+4/p-3. The maximum atomic E-state index is 11.4. The molecule has 6 heteroatoms. The van der Waals surface area contributed by atoms with Crippen LogP contribution in [-0.4, -0.2) is 15.4 Å². The van der Waals surface area contributed by atoms with Gasteiger partial charge in [0.15, 0.2) is 0 Å². The second-order valence-corrected chi connectivity index (χ2v) is 13.4. The van der Waals surface area contributed by atoms with Crippen molar-refractivity contribution in [2.75, 3.05) is 0 Å². The minimum Gasteiger partial charge on any atom is -0.179 e. The van der Waals surface area contributed by atoms with Gasteiger partial charge >= 0.3 is 37.9 Å². The summed E-state index contributed by atoms with van der Waals surface area (Å²) >= 11 is -0.826. The van der Waals surface area contributed by atoms with E-state index in [1.807, 2.05) is 52.0 Å². The van der Waals surface area contributed by atoms with Crippen LogP contribution in [0.2, 0.25) is 13.1 Å². The van der Waals surface area contributed by atoms with E-state index < -0.39 is 26.8 Å². The minimum atomic E-state index is -0.826. The van der Waals surface area contributed by atoms with E-state index in [1.54, 1.807) is 0 Å². The summed E-state index contributed by atoms with van der Waals surface area (Å²) in [4.78, 5) is 11.4. The Kier molecular flexibility index (Phi) is 14.9. The van der Waals surface area contributed by atoms with Gasteiger partial charge in [-0.15, -0.1) is 5.56 Å². The Labute approximate surface area is 227 Å². The molecule has 0 spiro atoms. The fourth-order valence-electron chi connectivity index (χ4n) is 3.81. The average molecular weight is 591 g/mol. The van der Waals surface area contributed by atoms with Crippen LogP contribution in [0.25, 0.3) is 16.9 Å². The third kappa shape index (κ3) is 9.11. The number of hydrogen-bond donors (Lipinski definition) is 0. The molecule has 0 aliphatic heterocycles. The average Bonchev–Trinajstić information content (AvgIpc) is 3.18. The van der Waals surface area contributed by atoms with Gasteiger partial charge in [-0.25, -0.2) is 0 Å². The fourth-order valence-corrected chi connectivity index (χ4v) is 3.81. The van der Waals surface area contributed by atoms with E-state index in [0.717, 1.165) is 27.1 Å². The van der Waals surface area contributed by atoms with E-state index in [-0.39, 0.29) is 11.8 Å². The van der Waals surface area contributed by atoms with Gasteiger partial charge in [-0.05, 0) is 29.4 Å². The first-order valence-electron chi connectivity index (χ1n) is 11.4. The summed E-state index contributed by atoms with van der Waals surface area (Å²) in [6, 6.07) is 24.0. The van der Waals surface area contributed by atoms with Crippen molar-refractivity contribution in [3.63, 3.8) is 0 Å². The third-order valence-corrected chi connectivity index (χ3v) is 5.22. The van der Waals surface area contributed by atoms with Gasteiger partial charge < -0.3 is 10.5 Å². The van der Waals surface area contributed by atoms with Gasteiger partial charge in [-0.2, -0.15) is 29.8 Å². The van der Waals surface area contributed by atoms with Gasteiger partial charge in [0.2, 0.25) is 0 Å². The minimum absolute atomic E-state index is 0.285. The number of hydrogen-bond acceptors (Lipinski definition) is 1. The summed E-state index contributed by atoms with van der Waals surface area (Å²) in [5.41, 5.74) is 15.4. The van der Waals surface area contributed by atoms with Crippen LogP contribution in [-0.2, 0) is 27.3 Å². The number of benzene rings is 3. The first-order valence-corrected chi connectivity index (χ1v) is 20.0. The normalized spacial score (nSPS) is 10.4. The zero-order valence-corrected chi connectivity index (χ0v) is 26.0. The molecule has 0 bridgehead atoms. The molecule has 1 radical (unpaired) electrons. The van der Waals surface area contributed by atoms with Gasteiger partial charge in [-0.3, -0.25) is 0 Å². The van der Waals surface area contributed by atoms with Crippen molar-refractivity contribution < 1.29 is 25.6 Å². The van der Waals surface area contributed by atoms with Gasteiger partial charge in [0.05, 0.1) is 5.91 Å². The molecule has 1 aliphatic rings. The maximum absolute atomic E-state index is 11.4. The topological polar surface area (TPSA) is 40.9 Å². The Hall–Kier alpha value is -1.19. The molecule has 0 aromatic heterocycles. The molecule has 3 aromatic rings. The summed E-state index contributed by atoms with van der Waals surface area (Å²) in [6.07, 6.45) is 1.05. The van der Waals surface area contributed by atoms with Crippen molar-refractivity contribution in [3.05, 3.63) is 100 Å². The Morgan fingerprint density at radius 3 is 1.91 bits per heavy atom. The number of amides is 1. The first-order chi connectivity index (χ1) is 16.2. The molecule has 3 aromatic carbocycles. The third-order valence-electron chi connectivity index (χ3n) is 5.22. The van der Waals surface area contributed by atoms with Crippen LogP contribution in [0.4, 0.5) is 0 Å². The molecule has 2 nitrogen and oxygen atoms in total. The number of carbonyl (C=O) groups is 1. The Bertz CT molecular complexity index is 969. The van der Waals surface area contributed by atoms with Crippen LogP contribution in [0.3, 0.4) is 0 Å². The van der Waals surface area contributed by atoms with Crippen LogP contribution in [0, 0.1) is 6.07 Å². The van der Waals surface area contributed by atoms with Crippen LogP contribution in [0.1, 0.15) is 72.1 Å². The quantitative estimate of drug-likeness (QED) is 0.173. The monoisotopic (exact) mass is 588 g/mol. The van der Waals surface area contributed by atoms with Crippen molar-refractivity contribution in [1.82, 2.24) is 0 Å². The molecule has 34 heavy (non-hydrogen) atoms. The molecule has 0 unspecified atom stereocenters. The molecule has 0 saturated heterocycles.